The minimum absolute atomic E-state index is 0.101. The second-order valence-electron chi connectivity index (χ2n) is 4.60. The van der Waals surface area contributed by atoms with E-state index in [0.29, 0.717) is 11.5 Å². The van der Waals surface area contributed by atoms with Crippen molar-refractivity contribution >= 4 is 23.3 Å². The molecule has 0 aliphatic heterocycles. The molecule has 7 nitrogen and oxygen atoms in total. The summed E-state index contributed by atoms with van der Waals surface area (Å²) in [5, 5.41) is 2.89. The van der Waals surface area contributed by atoms with Gasteiger partial charge in [-0.3, -0.25) is 9.59 Å². The molecule has 0 bridgehead atoms. The van der Waals surface area contributed by atoms with Crippen LogP contribution in [0.4, 0.5) is 11.5 Å². The van der Waals surface area contributed by atoms with Gasteiger partial charge in [-0.05, 0) is 26.0 Å². The Labute approximate surface area is 105 Å². The minimum Gasteiger partial charge on any atom is -0.396 e. The Balaban J connectivity index is 2.88. The van der Waals surface area contributed by atoms with E-state index in [1.165, 1.54) is 12.1 Å². The molecular weight excluding hydrogens is 234 g/mol. The van der Waals surface area contributed by atoms with Gasteiger partial charge in [0.2, 0.25) is 5.91 Å². The van der Waals surface area contributed by atoms with Gasteiger partial charge in [0, 0.05) is 6.54 Å². The lowest BCUT2D eigenvalue weighted by atomic mass is 9.93. The van der Waals surface area contributed by atoms with E-state index in [4.69, 9.17) is 17.2 Å². The number of amides is 2. The topological polar surface area (TPSA) is 137 Å². The third kappa shape index (κ3) is 3.09. The van der Waals surface area contributed by atoms with Crippen molar-refractivity contribution in [2.45, 2.75) is 13.8 Å². The van der Waals surface area contributed by atoms with E-state index in [0.717, 1.165) is 0 Å². The SMILES string of the molecule is CC(C)(CNc1nc(C(N)=O)ccc1N)C(N)=O. The van der Waals surface area contributed by atoms with Gasteiger partial charge in [-0.15, -0.1) is 0 Å². The van der Waals surface area contributed by atoms with E-state index in [9.17, 15) is 9.59 Å². The van der Waals surface area contributed by atoms with E-state index in [1.54, 1.807) is 13.8 Å². The highest BCUT2D eigenvalue weighted by molar-refractivity contribution is 5.91. The molecule has 1 heterocycles. The van der Waals surface area contributed by atoms with Crippen LogP contribution in [0.2, 0.25) is 0 Å². The summed E-state index contributed by atoms with van der Waals surface area (Å²) in [5.41, 5.74) is 15.8. The fourth-order valence-corrected chi connectivity index (χ4v) is 1.14. The Morgan fingerprint density at radius 2 is 1.94 bits per heavy atom. The lowest BCUT2D eigenvalue weighted by Gasteiger charge is -2.21. The molecule has 7 N–H and O–H groups in total. The van der Waals surface area contributed by atoms with Crippen molar-refractivity contribution < 1.29 is 9.59 Å². The van der Waals surface area contributed by atoms with Crippen molar-refractivity contribution in [1.29, 1.82) is 0 Å². The zero-order chi connectivity index (χ0) is 13.9. The number of nitrogens with two attached hydrogens (primary N) is 3. The van der Waals surface area contributed by atoms with Gasteiger partial charge >= 0.3 is 0 Å². The van der Waals surface area contributed by atoms with Crippen molar-refractivity contribution in [2.24, 2.45) is 16.9 Å². The molecule has 0 aromatic carbocycles. The summed E-state index contributed by atoms with van der Waals surface area (Å²) in [6.45, 7) is 3.63. The maximum Gasteiger partial charge on any atom is 0.267 e. The van der Waals surface area contributed by atoms with Crippen molar-refractivity contribution in [3.05, 3.63) is 17.8 Å². The van der Waals surface area contributed by atoms with Crippen LogP contribution in [-0.2, 0) is 4.79 Å². The maximum absolute atomic E-state index is 11.2. The summed E-state index contributed by atoms with van der Waals surface area (Å²) in [7, 11) is 0. The first kappa shape index (κ1) is 13.8. The fourth-order valence-electron chi connectivity index (χ4n) is 1.14. The van der Waals surface area contributed by atoms with Crippen LogP contribution in [0.3, 0.4) is 0 Å². The van der Waals surface area contributed by atoms with Crippen molar-refractivity contribution in [3.63, 3.8) is 0 Å². The average molecular weight is 251 g/mol. The first-order chi connectivity index (χ1) is 8.24. The summed E-state index contributed by atoms with van der Waals surface area (Å²) in [4.78, 5) is 26.1. The Hall–Kier alpha value is -2.31. The molecule has 0 saturated carbocycles. The lowest BCUT2D eigenvalue weighted by molar-refractivity contribution is -0.125. The van der Waals surface area contributed by atoms with Crippen LogP contribution >= 0.6 is 0 Å². The van der Waals surface area contributed by atoms with E-state index in [2.05, 4.69) is 10.3 Å². The zero-order valence-electron chi connectivity index (χ0n) is 10.4. The monoisotopic (exact) mass is 251 g/mol. The van der Waals surface area contributed by atoms with Gasteiger partial charge in [-0.1, -0.05) is 0 Å². The number of anilines is 2. The summed E-state index contributed by atoms with van der Waals surface area (Å²) < 4.78 is 0. The van der Waals surface area contributed by atoms with E-state index in [1.807, 2.05) is 0 Å². The number of nitrogen functional groups attached to an aromatic ring is 1. The van der Waals surface area contributed by atoms with Crippen LogP contribution in [-0.4, -0.2) is 23.3 Å². The normalized spacial score (nSPS) is 11.0. The number of nitrogens with one attached hydrogen (secondary N) is 1. The number of carbonyl (C=O) groups excluding carboxylic acids is 2. The predicted octanol–water partition coefficient (Wildman–Crippen LogP) is -0.314. The third-order valence-electron chi connectivity index (χ3n) is 2.54. The summed E-state index contributed by atoms with van der Waals surface area (Å²) in [6, 6.07) is 2.95. The van der Waals surface area contributed by atoms with Crippen LogP contribution < -0.4 is 22.5 Å². The molecule has 0 unspecified atom stereocenters. The molecule has 1 rings (SSSR count). The summed E-state index contributed by atoms with van der Waals surface area (Å²) in [6.07, 6.45) is 0. The molecule has 0 spiro atoms. The van der Waals surface area contributed by atoms with Crippen LogP contribution in [0.1, 0.15) is 24.3 Å². The first-order valence-corrected chi connectivity index (χ1v) is 5.34. The molecule has 98 valence electrons. The Kier molecular flexibility index (Phi) is 3.75. The van der Waals surface area contributed by atoms with Gasteiger partial charge in [0.05, 0.1) is 11.1 Å². The number of carbonyl (C=O) groups is 2. The molecule has 1 aromatic rings. The van der Waals surface area contributed by atoms with Crippen molar-refractivity contribution in [3.8, 4) is 0 Å². The zero-order valence-corrected chi connectivity index (χ0v) is 10.4. The largest absolute Gasteiger partial charge is 0.396 e. The highest BCUT2D eigenvalue weighted by atomic mass is 16.1. The second kappa shape index (κ2) is 4.91. The van der Waals surface area contributed by atoms with Crippen LogP contribution in [0.5, 0.6) is 0 Å². The first-order valence-electron chi connectivity index (χ1n) is 5.34. The fraction of sp³-hybridized carbons (Fsp3) is 0.364. The molecule has 0 aliphatic carbocycles. The summed E-state index contributed by atoms with van der Waals surface area (Å²) in [5.74, 6) is -0.785. The summed E-state index contributed by atoms with van der Waals surface area (Å²) >= 11 is 0. The third-order valence-corrected chi connectivity index (χ3v) is 2.54. The minimum atomic E-state index is -0.753. The van der Waals surface area contributed by atoms with Crippen LogP contribution in [0.25, 0.3) is 0 Å². The predicted molar refractivity (Wildman–Crippen MR) is 68.6 cm³/mol. The number of hydrogen-bond acceptors (Lipinski definition) is 5. The van der Waals surface area contributed by atoms with Gasteiger partial charge in [0.25, 0.3) is 5.91 Å². The molecule has 18 heavy (non-hydrogen) atoms. The molecule has 1 aromatic heterocycles. The second-order valence-corrected chi connectivity index (χ2v) is 4.60. The molecular formula is C11H17N5O2. The van der Waals surface area contributed by atoms with Crippen molar-refractivity contribution in [2.75, 3.05) is 17.6 Å². The van der Waals surface area contributed by atoms with Crippen LogP contribution in [0, 0.1) is 5.41 Å². The molecule has 0 radical (unpaired) electrons. The van der Waals surface area contributed by atoms with Gasteiger partial charge < -0.3 is 22.5 Å². The Bertz CT molecular complexity index is 484. The standard InChI is InChI=1S/C11H17N5O2/c1-11(2,10(14)18)5-15-9-6(12)3-4-7(16-9)8(13)17/h3-4H,5,12H2,1-2H3,(H2,13,17)(H2,14,18)(H,15,16). The van der Waals surface area contributed by atoms with E-state index < -0.39 is 17.2 Å². The highest BCUT2D eigenvalue weighted by Crippen LogP contribution is 2.19. The van der Waals surface area contributed by atoms with Crippen LogP contribution in [0.15, 0.2) is 12.1 Å². The van der Waals surface area contributed by atoms with Gasteiger partial charge in [0.15, 0.2) is 0 Å². The molecule has 0 fully saturated rings. The molecule has 2 amide bonds. The molecule has 0 atom stereocenters. The lowest BCUT2D eigenvalue weighted by Crippen LogP contribution is -2.37. The van der Waals surface area contributed by atoms with Gasteiger partial charge in [-0.2, -0.15) is 0 Å². The maximum atomic E-state index is 11.2. The number of hydrogen-bond donors (Lipinski definition) is 4. The van der Waals surface area contributed by atoms with E-state index >= 15 is 0 Å². The van der Waals surface area contributed by atoms with Crippen molar-refractivity contribution in [1.82, 2.24) is 4.98 Å². The number of pyridine rings is 1. The highest BCUT2D eigenvalue weighted by Gasteiger charge is 2.25. The number of rotatable bonds is 5. The number of aromatic nitrogens is 1. The van der Waals surface area contributed by atoms with E-state index in [-0.39, 0.29) is 12.2 Å². The van der Waals surface area contributed by atoms with Gasteiger partial charge in [0.1, 0.15) is 11.5 Å². The molecule has 0 aliphatic rings. The number of primary amides is 2. The average Bonchev–Trinajstić information content (AvgIpc) is 2.27. The number of nitrogens with zero attached hydrogens (tertiary/aromatic N) is 1. The quantitative estimate of drug-likeness (QED) is 0.568. The Morgan fingerprint density at radius 3 is 2.44 bits per heavy atom. The van der Waals surface area contributed by atoms with Gasteiger partial charge in [-0.25, -0.2) is 4.98 Å². The molecule has 7 heteroatoms. The Morgan fingerprint density at radius 1 is 1.33 bits per heavy atom. The smallest absolute Gasteiger partial charge is 0.267 e. The molecule has 0 saturated heterocycles.